The molecule has 0 atom stereocenters. The van der Waals surface area contributed by atoms with Gasteiger partial charge in [0.15, 0.2) is 5.82 Å². The van der Waals surface area contributed by atoms with Crippen LogP contribution in [0.4, 0.5) is 11.5 Å². The van der Waals surface area contributed by atoms with Crippen LogP contribution in [-0.2, 0) is 4.79 Å². The number of piperidine rings is 1. The Morgan fingerprint density at radius 2 is 1.89 bits per heavy atom. The van der Waals surface area contributed by atoms with Crippen LogP contribution in [0.1, 0.15) is 12.8 Å². The van der Waals surface area contributed by atoms with E-state index in [1.54, 1.807) is 23.1 Å². The van der Waals surface area contributed by atoms with Crippen LogP contribution in [0.25, 0.3) is 10.6 Å². The van der Waals surface area contributed by atoms with Gasteiger partial charge >= 0.3 is 0 Å². The summed E-state index contributed by atoms with van der Waals surface area (Å²) in [7, 11) is 0. The molecule has 2 aromatic heterocycles. The Labute approximate surface area is 173 Å². The van der Waals surface area contributed by atoms with Crippen molar-refractivity contribution >= 4 is 40.5 Å². The van der Waals surface area contributed by atoms with Gasteiger partial charge in [-0.05, 0) is 66.9 Å². The number of benzene rings is 1. The quantitative estimate of drug-likeness (QED) is 0.613. The molecule has 0 aliphatic carbocycles. The largest absolute Gasteiger partial charge is 0.355 e. The van der Waals surface area contributed by atoms with Crippen molar-refractivity contribution in [3.63, 3.8) is 0 Å². The average Bonchev–Trinajstić information content (AvgIpc) is 3.29. The van der Waals surface area contributed by atoms with E-state index in [0.29, 0.717) is 0 Å². The van der Waals surface area contributed by atoms with Gasteiger partial charge in [0, 0.05) is 29.6 Å². The first-order valence-electron chi connectivity index (χ1n) is 9.30. The van der Waals surface area contributed by atoms with E-state index in [4.69, 9.17) is 0 Å². The van der Waals surface area contributed by atoms with Crippen LogP contribution >= 0.6 is 23.1 Å². The maximum atomic E-state index is 12.6. The van der Waals surface area contributed by atoms with Gasteiger partial charge in [-0.25, -0.2) is 0 Å². The fourth-order valence-corrected chi connectivity index (χ4v) is 4.44. The van der Waals surface area contributed by atoms with Crippen LogP contribution < -0.4 is 10.2 Å². The van der Waals surface area contributed by atoms with Crippen molar-refractivity contribution in [1.82, 2.24) is 10.2 Å². The Balaban J connectivity index is 1.31. The van der Waals surface area contributed by atoms with Gasteiger partial charge in [-0.1, -0.05) is 6.07 Å². The van der Waals surface area contributed by atoms with E-state index in [1.807, 2.05) is 60.2 Å². The molecule has 1 aliphatic rings. The van der Waals surface area contributed by atoms with Crippen molar-refractivity contribution in [3.8, 4) is 10.6 Å². The average molecular weight is 411 g/mol. The van der Waals surface area contributed by atoms with E-state index in [-0.39, 0.29) is 11.8 Å². The first-order valence-corrected chi connectivity index (χ1v) is 11.4. The lowest BCUT2D eigenvalue weighted by atomic mass is 9.96. The zero-order valence-corrected chi connectivity index (χ0v) is 17.3. The van der Waals surface area contributed by atoms with Gasteiger partial charge in [-0.2, -0.15) is 0 Å². The summed E-state index contributed by atoms with van der Waals surface area (Å²) in [6.45, 7) is 1.63. The van der Waals surface area contributed by atoms with Crippen LogP contribution in [-0.4, -0.2) is 35.4 Å². The van der Waals surface area contributed by atoms with Gasteiger partial charge in [0.1, 0.15) is 5.69 Å². The Morgan fingerprint density at radius 3 is 2.50 bits per heavy atom. The number of aromatic nitrogens is 2. The second kappa shape index (κ2) is 8.75. The number of nitrogens with one attached hydrogen (secondary N) is 1. The van der Waals surface area contributed by atoms with E-state index >= 15 is 0 Å². The molecule has 3 aromatic rings. The molecular formula is C21H22N4OS2. The van der Waals surface area contributed by atoms with Crippen LogP contribution in [0.2, 0.25) is 0 Å². The summed E-state index contributed by atoms with van der Waals surface area (Å²) in [6.07, 6.45) is 3.69. The highest BCUT2D eigenvalue weighted by Gasteiger charge is 2.26. The molecule has 4 rings (SSSR count). The molecule has 0 saturated carbocycles. The molecular weight excluding hydrogens is 388 g/mol. The highest BCUT2D eigenvalue weighted by atomic mass is 32.2. The third kappa shape index (κ3) is 4.36. The van der Waals surface area contributed by atoms with Crippen molar-refractivity contribution in [3.05, 3.63) is 53.9 Å². The molecule has 0 radical (unpaired) electrons. The predicted molar refractivity (Wildman–Crippen MR) is 117 cm³/mol. The van der Waals surface area contributed by atoms with Gasteiger partial charge in [0.25, 0.3) is 0 Å². The number of hydrogen-bond acceptors (Lipinski definition) is 6. The minimum atomic E-state index is 0.0369. The van der Waals surface area contributed by atoms with Gasteiger partial charge in [0.2, 0.25) is 5.91 Å². The van der Waals surface area contributed by atoms with E-state index in [1.165, 1.54) is 4.90 Å². The minimum Gasteiger partial charge on any atom is -0.355 e. The number of anilines is 2. The second-order valence-electron chi connectivity index (χ2n) is 6.73. The van der Waals surface area contributed by atoms with E-state index in [2.05, 4.69) is 20.4 Å². The highest BCUT2D eigenvalue weighted by Crippen LogP contribution is 2.26. The number of amides is 1. The summed E-state index contributed by atoms with van der Waals surface area (Å²) in [6, 6.07) is 16.1. The van der Waals surface area contributed by atoms with Gasteiger partial charge in [-0.3, -0.25) is 4.79 Å². The zero-order chi connectivity index (χ0) is 19.3. The number of nitrogens with zero attached hydrogens (tertiary/aromatic N) is 3. The van der Waals surface area contributed by atoms with Crippen molar-refractivity contribution < 1.29 is 4.79 Å². The standard InChI is InChI=1S/C21H22N4OS2/c1-27-17-6-4-16(5-7-17)22-21(26)15-10-12-25(13-11-15)20-9-8-18(23-24-20)19-3-2-14-28-19/h2-9,14-15H,10-13H2,1H3,(H,22,26). The van der Waals surface area contributed by atoms with Crippen molar-refractivity contribution in [2.45, 2.75) is 17.7 Å². The summed E-state index contributed by atoms with van der Waals surface area (Å²) < 4.78 is 0. The maximum absolute atomic E-state index is 12.6. The molecule has 1 aromatic carbocycles. The monoisotopic (exact) mass is 410 g/mol. The molecule has 0 unspecified atom stereocenters. The van der Waals surface area contributed by atoms with Crippen LogP contribution in [0, 0.1) is 5.92 Å². The number of hydrogen-bond donors (Lipinski definition) is 1. The van der Waals surface area contributed by atoms with Gasteiger partial charge in [0.05, 0.1) is 4.88 Å². The van der Waals surface area contributed by atoms with Crippen molar-refractivity contribution in [2.75, 3.05) is 29.6 Å². The third-order valence-corrected chi connectivity index (χ3v) is 6.61. The van der Waals surface area contributed by atoms with Gasteiger partial charge < -0.3 is 10.2 Å². The molecule has 3 heterocycles. The van der Waals surface area contributed by atoms with Crippen molar-refractivity contribution in [2.24, 2.45) is 5.92 Å². The number of rotatable bonds is 5. The molecule has 1 N–H and O–H groups in total. The smallest absolute Gasteiger partial charge is 0.227 e. The number of thiophene rings is 1. The van der Waals surface area contributed by atoms with Gasteiger partial charge in [-0.15, -0.1) is 33.3 Å². The Hall–Kier alpha value is -2.38. The molecule has 1 fully saturated rings. The lowest BCUT2D eigenvalue weighted by Crippen LogP contribution is -2.38. The number of thioether (sulfide) groups is 1. The first kappa shape index (κ1) is 19.0. The number of carbonyl (C=O) groups excluding carboxylic acids is 1. The topological polar surface area (TPSA) is 58.1 Å². The van der Waals surface area contributed by atoms with Crippen LogP contribution in [0.5, 0.6) is 0 Å². The molecule has 0 bridgehead atoms. The molecule has 7 heteroatoms. The molecule has 28 heavy (non-hydrogen) atoms. The first-order chi connectivity index (χ1) is 13.7. The van der Waals surface area contributed by atoms with Crippen LogP contribution in [0.3, 0.4) is 0 Å². The number of carbonyl (C=O) groups is 1. The normalized spacial score (nSPS) is 14.8. The molecule has 1 amide bonds. The van der Waals surface area contributed by atoms with E-state index in [9.17, 15) is 4.79 Å². The van der Waals surface area contributed by atoms with Crippen LogP contribution in [0.15, 0.2) is 58.8 Å². The third-order valence-electron chi connectivity index (χ3n) is 4.97. The Kier molecular flexibility index (Phi) is 5.92. The van der Waals surface area contributed by atoms with Crippen molar-refractivity contribution in [1.29, 1.82) is 0 Å². The Bertz CT molecular complexity index is 903. The lowest BCUT2D eigenvalue weighted by molar-refractivity contribution is -0.120. The van der Waals surface area contributed by atoms with E-state index in [0.717, 1.165) is 48.0 Å². The van der Waals surface area contributed by atoms with E-state index < -0.39 is 0 Å². The molecule has 144 valence electrons. The fourth-order valence-electron chi connectivity index (χ4n) is 3.34. The zero-order valence-electron chi connectivity index (χ0n) is 15.7. The maximum Gasteiger partial charge on any atom is 0.227 e. The lowest BCUT2D eigenvalue weighted by Gasteiger charge is -2.31. The molecule has 0 spiro atoms. The molecule has 5 nitrogen and oxygen atoms in total. The molecule has 1 saturated heterocycles. The molecule has 1 aliphatic heterocycles. The fraction of sp³-hybridized carbons (Fsp3) is 0.286. The summed E-state index contributed by atoms with van der Waals surface area (Å²) in [5.41, 5.74) is 1.76. The second-order valence-corrected chi connectivity index (χ2v) is 8.56. The minimum absolute atomic E-state index is 0.0369. The Morgan fingerprint density at radius 1 is 1.11 bits per heavy atom. The highest BCUT2D eigenvalue weighted by molar-refractivity contribution is 7.98. The predicted octanol–water partition coefficient (Wildman–Crippen LogP) is 4.78. The summed E-state index contributed by atoms with van der Waals surface area (Å²) >= 11 is 3.36. The summed E-state index contributed by atoms with van der Waals surface area (Å²) in [4.78, 5) is 17.1. The summed E-state index contributed by atoms with van der Waals surface area (Å²) in [5, 5.41) is 13.8. The SMILES string of the molecule is CSc1ccc(NC(=O)C2CCN(c3ccc(-c4cccs4)nn3)CC2)cc1. The summed E-state index contributed by atoms with van der Waals surface area (Å²) in [5.74, 6) is 1.03.